The predicted octanol–water partition coefficient (Wildman–Crippen LogP) is 4.67. The third kappa shape index (κ3) is 4.91. The molecule has 2 aromatic rings. The minimum absolute atomic E-state index is 0.635. The van der Waals surface area contributed by atoms with E-state index in [2.05, 4.69) is 66.1 Å². The molecule has 0 bridgehead atoms. The van der Waals surface area contributed by atoms with Crippen LogP contribution in [0.4, 0.5) is 17.6 Å². The first-order chi connectivity index (χ1) is 12.1. The van der Waals surface area contributed by atoms with Crippen LogP contribution in [0.1, 0.15) is 57.5 Å². The van der Waals surface area contributed by atoms with E-state index in [1.807, 2.05) is 6.92 Å². The molecular weight excluding hydrogens is 310 g/mol. The van der Waals surface area contributed by atoms with Crippen LogP contribution >= 0.6 is 0 Å². The zero-order valence-electron chi connectivity index (χ0n) is 16.3. The summed E-state index contributed by atoms with van der Waals surface area (Å²) in [5, 5.41) is 3.47. The maximum atomic E-state index is 4.71. The molecule has 0 aliphatic carbocycles. The molecule has 0 unspecified atom stereocenters. The van der Waals surface area contributed by atoms with Gasteiger partial charge < -0.3 is 10.2 Å². The molecule has 5 nitrogen and oxygen atoms in total. The summed E-state index contributed by atoms with van der Waals surface area (Å²) in [5.74, 6) is 2.15. The van der Waals surface area contributed by atoms with E-state index in [4.69, 9.17) is 4.98 Å². The van der Waals surface area contributed by atoms with Gasteiger partial charge in [-0.2, -0.15) is 15.0 Å². The summed E-state index contributed by atoms with van der Waals surface area (Å²) in [6.45, 7) is 12.6. The summed E-state index contributed by atoms with van der Waals surface area (Å²) >= 11 is 0. The van der Waals surface area contributed by atoms with Crippen molar-refractivity contribution in [1.29, 1.82) is 0 Å². The lowest BCUT2D eigenvalue weighted by Crippen LogP contribution is -2.27. The van der Waals surface area contributed by atoms with Crippen molar-refractivity contribution >= 4 is 17.6 Å². The number of anilines is 3. The second kappa shape index (κ2) is 9.35. The molecule has 0 saturated heterocycles. The molecule has 1 N–H and O–H groups in total. The Bertz CT molecular complexity index is 656. The molecule has 2 rings (SSSR count). The first-order valence-electron chi connectivity index (χ1n) is 9.48. The maximum absolute atomic E-state index is 4.71. The molecule has 0 atom stereocenters. The summed E-state index contributed by atoms with van der Waals surface area (Å²) in [7, 11) is 0. The van der Waals surface area contributed by atoms with Crippen LogP contribution < -0.4 is 10.2 Å². The third-order valence-corrected chi connectivity index (χ3v) is 4.24. The second-order valence-electron chi connectivity index (χ2n) is 6.28. The monoisotopic (exact) mass is 341 g/mol. The van der Waals surface area contributed by atoms with Gasteiger partial charge in [0.15, 0.2) is 0 Å². The van der Waals surface area contributed by atoms with Crippen LogP contribution in [0.5, 0.6) is 0 Å². The third-order valence-electron chi connectivity index (χ3n) is 4.24. The number of aromatic nitrogens is 3. The van der Waals surface area contributed by atoms with Crippen molar-refractivity contribution < 1.29 is 0 Å². The lowest BCUT2D eigenvalue weighted by atomic mass is 10.0. The number of nitrogens with one attached hydrogen (secondary N) is 1. The number of rotatable bonds is 9. The molecule has 136 valence electrons. The van der Waals surface area contributed by atoms with Crippen molar-refractivity contribution in [2.24, 2.45) is 0 Å². The van der Waals surface area contributed by atoms with Gasteiger partial charge >= 0.3 is 0 Å². The van der Waals surface area contributed by atoms with Crippen molar-refractivity contribution in [2.75, 3.05) is 23.3 Å². The van der Waals surface area contributed by atoms with Crippen molar-refractivity contribution in [3.63, 3.8) is 0 Å². The lowest BCUT2D eigenvalue weighted by molar-refractivity contribution is 0.715. The Kier molecular flexibility index (Phi) is 7.16. The standard InChI is InChI=1S/C20H31N5/c1-6-13-25(14-7-2)20-22-15(5)21-19(24-20)23-18-16(8-3)11-10-12-17(18)9-4/h10-12H,6-9,13-14H2,1-5H3,(H,21,22,23,24). The van der Waals surface area contributed by atoms with Gasteiger partial charge in [0.2, 0.25) is 11.9 Å². The number of nitrogens with zero attached hydrogens (tertiary/aromatic N) is 4. The van der Waals surface area contributed by atoms with Crippen LogP contribution in [0.3, 0.4) is 0 Å². The van der Waals surface area contributed by atoms with Crippen LogP contribution in [0.2, 0.25) is 0 Å². The van der Waals surface area contributed by atoms with Crippen molar-refractivity contribution in [3.05, 3.63) is 35.2 Å². The van der Waals surface area contributed by atoms with E-state index in [1.54, 1.807) is 0 Å². The molecule has 0 saturated carbocycles. The highest BCUT2D eigenvalue weighted by Gasteiger charge is 2.13. The summed E-state index contributed by atoms with van der Waals surface area (Å²) in [6.07, 6.45) is 4.11. The summed E-state index contributed by atoms with van der Waals surface area (Å²) in [6, 6.07) is 6.45. The lowest BCUT2D eigenvalue weighted by Gasteiger charge is -2.22. The topological polar surface area (TPSA) is 53.9 Å². The first kappa shape index (κ1) is 19.2. The number of benzene rings is 1. The molecule has 0 spiro atoms. The summed E-state index contributed by atoms with van der Waals surface area (Å²) in [4.78, 5) is 16.0. The molecule has 1 aromatic carbocycles. The highest BCUT2D eigenvalue weighted by molar-refractivity contribution is 5.64. The number of hydrogen-bond acceptors (Lipinski definition) is 5. The molecule has 0 fully saturated rings. The molecule has 25 heavy (non-hydrogen) atoms. The minimum atomic E-state index is 0.635. The highest BCUT2D eigenvalue weighted by atomic mass is 15.3. The minimum Gasteiger partial charge on any atom is -0.341 e. The van der Waals surface area contributed by atoms with Crippen LogP contribution in [0.15, 0.2) is 18.2 Å². The average molecular weight is 342 g/mol. The Morgan fingerprint density at radius 3 is 2.00 bits per heavy atom. The molecule has 0 amide bonds. The van der Waals surface area contributed by atoms with E-state index in [0.29, 0.717) is 5.95 Å². The predicted molar refractivity (Wildman–Crippen MR) is 106 cm³/mol. The largest absolute Gasteiger partial charge is 0.341 e. The normalized spacial score (nSPS) is 10.8. The fourth-order valence-electron chi connectivity index (χ4n) is 3.03. The zero-order chi connectivity index (χ0) is 18.2. The van der Waals surface area contributed by atoms with E-state index >= 15 is 0 Å². The van der Waals surface area contributed by atoms with Gasteiger partial charge in [0.25, 0.3) is 0 Å². The maximum Gasteiger partial charge on any atom is 0.232 e. The van der Waals surface area contributed by atoms with E-state index in [0.717, 1.165) is 56.2 Å². The van der Waals surface area contributed by atoms with Gasteiger partial charge in [-0.25, -0.2) is 0 Å². The molecule has 1 aromatic heterocycles. The van der Waals surface area contributed by atoms with Gasteiger partial charge in [-0.15, -0.1) is 0 Å². The zero-order valence-corrected chi connectivity index (χ0v) is 16.3. The Hall–Kier alpha value is -2.17. The Morgan fingerprint density at radius 2 is 1.48 bits per heavy atom. The van der Waals surface area contributed by atoms with Crippen molar-refractivity contribution in [3.8, 4) is 0 Å². The molecule has 0 aliphatic heterocycles. The average Bonchev–Trinajstić information content (AvgIpc) is 2.61. The SMILES string of the molecule is CCCN(CCC)c1nc(C)nc(Nc2c(CC)cccc2CC)n1. The fraction of sp³-hybridized carbons (Fsp3) is 0.550. The van der Waals surface area contributed by atoms with Gasteiger partial charge in [0.1, 0.15) is 5.82 Å². The smallest absolute Gasteiger partial charge is 0.232 e. The van der Waals surface area contributed by atoms with Gasteiger partial charge in [-0.05, 0) is 43.7 Å². The number of hydrogen-bond donors (Lipinski definition) is 1. The van der Waals surface area contributed by atoms with E-state index in [-0.39, 0.29) is 0 Å². The van der Waals surface area contributed by atoms with Gasteiger partial charge in [-0.1, -0.05) is 45.9 Å². The first-order valence-corrected chi connectivity index (χ1v) is 9.48. The van der Waals surface area contributed by atoms with Crippen LogP contribution in [-0.2, 0) is 12.8 Å². The summed E-state index contributed by atoms with van der Waals surface area (Å²) < 4.78 is 0. The van der Waals surface area contributed by atoms with Gasteiger partial charge in [0.05, 0.1) is 0 Å². The van der Waals surface area contributed by atoms with Crippen LogP contribution in [0.25, 0.3) is 0 Å². The van der Waals surface area contributed by atoms with Gasteiger partial charge in [0, 0.05) is 18.8 Å². The molecule has 1 heterocycles. The Balaban J connectivity index is 2.38. The molecular formula is C20H31N5. The van der Waals surface area contributed by atoms with E-state index < -0.39 is 0 Å². The molecule has 0 aliphatic rings. The molecule has 5 heteroatoms. The number of para-hydroxylation sites is 1. The number of aryl methyl sites for hydroxylation is 3. The van der Waals surface area contributed by atoms with E-state index in [9.17, 15) is 0 Å². The quantitative estimate of drug-likeness (QED) is 0.718. The van der Waals surface area contributed by atoms with Crippen LogP contribution in [-0.4, -0.2) is 28.0 Å². The van der Waals surface area contributed by atoms with Gasteiger partial charge in [-0.3, -0.25) is 0 Å². The Morgan fingerprint density at radius 1 is 0.880 bits per heavy atom. The molecule has 0 radical (unpaired) electrons. The van der Waals surface area contributed by atoms with Crippen LogP contribution in [0, 0.1) is 6.92 Å². The second-order valence-corrected chi connectivity index (χ2v) is 6.28. The van der Waals surface area contributed by atoms with E-state index in [1.165, 1.54) is 11.1 Å². The van der Waals surface area contributed by atoms with Crippen molar-refractivity contribution in [1.82, 2.24) is 15.0 Å². The highest BCUT2D eigenvalue weighted by Crippen LogP contribution is 2.25. The fourth-order valence-corrected chi connectivity index (χ4v) is 3.03. The van der Waals surface area contributed by atoms with Crippen molar-refractivity contribution in [2.45, 2.75) is 60.3 Å². The summed E-state index contributed by atoms with van der Waals surface area (Å²) in [5.41, 5.74) is 3.72. The Labute approximate surface area is 151 Å².